The number of hydrogen-bond acceptors (Lipinski definition) is 6. The molecule has 0 unspecified atom stereocenters. The standard InChI is InChI=1S/C20H31N5O4S/c1-13(21)19(28)23-12-17(26)24-15(11-14-7-5-4-6-8-14)20(29)25(2)16(18(22)27)9-10-30-3/h4-8,13,15-16H,9-12,21H2,1-3H3,(H2,22,27)(H,23,28)(H,24,26)/t13-,15+,16+/m1/s1. The molecular weight excluding hydrogens is 406 g/mol. The predicted octanol–water partition coefficient (Wildman–Crippen LogP) is -0.757. The van der Waals surface area contributed by atoms with E-state index >= 15 is 0 Å². The van der Waals surface area contributed by atoms with E-state index < -0.39 is 41.8 Å². The summed E-state index contributed by atoms with van der Waals surface area (Å²) in [4.78, 5) is 50.2. The number of carbonyl (C=O) groups is 4. The Hall–Kier alpha value is -2.59. The molecule has 0 heterocycles. The summed E-state index contributed by atoms with van der Waals surface area (Å²) < 4.78 is 0. The molecule has 0 aliphatic carbocycles. The number of nitrogens with one attached hydrogen (secondary N) is 2. The van der Waals surface area contributed by atoms with Crippen molar-refractivity contribution in [2.24, 2.45) is 11.5 Å². The molecule has 3 atom stereocenters. The van der Waals surface area contributed by atoms with Crippen LogP contribution in [-0.2, 0) is 25.6 Å². The maximum atomic E-state index is 13.1. The number of thioether (sulfide) groups is 1. The van der Waals surface area contributed by atoms with Gasteiger partial charge in [0.1, 0.15) is 12.1 Å². The first-order valence-electron chi connectivity index (χ1n) is 9.58. The van der Waals surface area contributed by atoms with E-state index in [9.17, 15) is 19.2 Å². The van der Waals surface area contributed by atoms with Crippen LogP contribution in [0.1, 0.15) is 18.9 Å². The lowest BCUT2D eigenvalue weighted by molar-refractivity contribution is -0.141. The second-order valence-electron chi connectivity index (χ2n) is 6.97. The number of nitrogens with zero attached hydrogens (tertiary/aromatic N) is 1. The molecule has 1 rings (SSSR count). The molecule has 4 amide bonds. The zero-order valence-corrected chi connectivity index (χ0v) is 18.4. The van der Waals surface area contributed by atoms with Gasteiger partial charge in [-0.05, 0) is 30.9 Å². The Balaban J connectivity index is 2.95. The smallest absolute Gasteiger partial charge is 0.245 e. The van der Waals surface area contributed by atoms with Gasteiger partial charge < -0.3 is 27.0 Å². The molecule has 0 fully saturated rings. The van der Waals surface area contributed by atoms with Gasteiger partial charge >= 0.3 is 0 Å². The molecule has 0 saturated heterocycles. The van der Waals surface area contributed by atoms with E-state index in [1.54, 1.807) is 11.8 Å². The van der Waals surface area contributed by atoms with Crippen molar-refractivity contribution < 1.29 is 19.2 Å². The van der Waals surface area contributed by atoms with Gasteiger partial charge in [0.05, 0.1) is 12.6 Å². The average molecular weight is 438 g/mol. The quantitative estimate of drug-likeness (QED) is 0.338. The fraction of sp³-hybridized carbons (Fsp3) is 0.500. The minimum Gasteiger partial charge on any atom is -0.368 e. The molecule has 0 bridgehead atoms. The summed E-state index contributed by atoms with van der Waals surface area (Å²) in [7, 11) is 1.50. The molecule has 30 heavy (non-hydrogen) atoms. The lowest BCUT2D eigenvalue weighted by atomic mass is 10.0. The molecule has 1 aromatic carbocycles. The van der Waals surface area contributed by atoms with Gasteiger partial charge in [-0.2, -0.15) is 11.8 Å². The SMILES string of the molecule is CSCC[C@@H](C(N)=O)N(C)C(=O)[C@H](Cc1ccccc1)NC(=O)CNC(=O)[C@@H](C)N. The summed E-state index contributed by atoms with van der Waals surface area (Å²) >= 11 is 1.54. The molecule has 0 saturated carbocycles. The van der Waals surface area contributed by atoms with E-state index in [-0.39, 0.29) is 13.0 Å². The number of carbonyl (C=O) groups excluding carboxylic acids is 4. The topological polar surface area (TPSA) is 148 Å². The first-order valence-corrected chi connectivity index (χ1v) is 11.0. The summed E-state index contributed by atoms with van der Waals surface area (Å²) in [5.41, 5.74) is 11.8. The lowest BCUT2D eigenvalue weighted by Gasteiger charge is -2.30. The molecule has 6 N–H and O–H groups in total. The van der Waals surface area contributed by atoms with Gasteiger partial charge in [0.2, 0.25) is 23.6 Å². The maximum Gasteiger partial charge on any atom is 0.245 e. The van der Waals surface area contributed by atoms with Crippen LogP contribution in [0.15, 0.2) is 30.3 Å². The molecule has 1 aromatic rings. The number of rotatable bonds is 12. The number of primary amides is 1. The van der Waals surface area contributed by atoms with Gasteiger partial charge in [-0.3, -0.25) is 19.2 Å². The first-order chi connectivity index (χ1) is 14.2. The third-order valence-electron chi connectivity index (χ3n) is 4.49. The van der Waals surface area contributed by atoms with Gasteiger partial charge in [0, 0.05) is 13.5 Å². The second-order valence-corrected chi connectivity index (χ2v) is 7.95. The van der Waals surface area contributed by atoms with E-state index in [1.165, 1.54) is 18.9 Å². The molecule has 166 valence electrons. The third kappa shape index (κ3) is 8.42. The van der Waals surface area contributed by atoms with Gasteiger partial charge in [0.25, 0.3) is 0 Å². The summed E-state index contributed by atoms with van der Waals surface area (Å²) in [6.45, 7) is 1.19. The fourth-order valence-electron chi connectivity index (χ4n) is 2.78. The molecule has 0 spiro atoms. The molecule has 0 radical (unpaired) electrons. The average Bonchev–Trinajstić information content (AvgIpc) is 2.71. The van der Waals surface area contributed by atoms with Crippen molar-refractivity contribution >= 4 is 35.4 Å². The van der Waals surface area contributed by atoms with Crippen LogP contribution in [0.2, 0.25) is 0 Å². The van der Waals surface area contributed by atoms with E-state index in [1.807, 2.05) is 36.6 Å². The Morgan fingerprint density at radius 2 is 1.80 bits per heavy atom. The predicted molar refractivity (Wildman–Crippen MR) is 117 cm³/mol. The summed E-state index contributed by atoms with van der Waals surface area (Å²) in [5, 5.41) is 5.06. The zero-order valence-electron chi connectivity index (χ0n) is 17.6. The van der Waals surface area contributed by atoms with Crippen LogP contribution >= 0.6 is 11.8 Å². The van der Waals surface area contributed by atoms with Crippen molar-refractivity contribution in [2.75, 3.05) is 25.6 Å². The normalized spacial score (nSPS) is 13.6. The van der Waals surface area contributed by atoms with Gasteiger partial charge in [0.15, 0.2) is 0 Å². The van der Waals surface area contributed by atoms with E-state index in [2.05, 4.69) is 10.6 Å². The Morgan fingerprint density at radius 1 is 1.17 bits per heavy atom. The van der Waals surface area contributed by atoms with Crippen LogP contribution in [-0.4, -0.2) is 72.3 Å². The maximum absolute atomic E-state index is 13.1. The van der Waals surface area contributed by atoms with Crippen molar-refractivity contribution in [3.63, 3.8) is 0 Å². The molecule has 0 aromatic heterocycles. The number of hydrogen-bond donors (Lipinski definition) is 4. The highest BCUT2D eigenvalue weighted by molar-refractivity contribution is 7.98. The molecule has 10 heteroatoms. The highest BCUT2D eigenvalue weighted by Gasteiger charge is 2.31. The highest BCUT2D eigenvalue weighted by Crippen LogP contribution is 2.11. The van der Waals surface area contributed by atoms with Crippen molar-refractivity contribution in [1.82, 2.24) is 15.5 Å². The van der Waals surface area contributed by atoms with Crippen LogP contribution < -0.4 is 22.1 Å². The van der Waals surface area contributed by atoms with Crippen LogP contribution in [0.5, 0.6) is 0 Å². The van der Waals surface area contributed by atoms with Crippen LogP contribution in [0.3, 0.4) is 0 Å². The monoisotopic (exact) mass is 437 g/mol. The van der Waals surface area contributed by atoms with E-state index in [0.29, 0.717) is 12.2 Å². The molecule has 0 aliphatic rings. The summed E-state index contributed by atoms with van der Waals surface area (Å²) in [6, 6.07) is 6.73. The Morgan fingerprint density at radius 3 is 2.33 bits per heavy atom. The number of benzene rings is 1. The highest BCUT2D eigenvalue weighted by atomic mass is 32.2. The summed E-state index contributed by atoms with van der Waals surface area (Å²) in [6.07, 6.45) is 2.54. The molecular formula is C20H31N5O4S. The largest absolute Gasteiger partial charge is 0.368 e. The second kappa shape index (κ2) is 12.9. The fourth-order valence-corrected chi connectivity index (χ4v) is 3.24. The van der Waals surface area contributed by atoms with Crippen molar-refractivity contribution in [3.8, 4) is 0 Å². The Bertz CT molecular complexity index is 729. The van der Waals surface area contributed by atoms with E-state index in [0.717, 1.165) is 5.56 Å². The van der Waals surface area contributed by atoms with Crippen LogP contribution in [0, 0.1) is 0 Å². The zero-order chi connectivity index (χ0) is 22.7. The molecule has 0 aliphatic heterocycles. The minimum absolute atomic E-state index is 0.227. The van der Waals surface area contributed by atoms with E-state index in [4.69, 9.17) is 11.5 Å². The Labute approximate surface area is 181 Å². The van der Waals surface area contributed by atoms with Crippen molar-refractivity contribution in [1.29, 1.82) is 0 Å². The number of likely N-dealkylation sites (N-methyl/N-ethyl adjacent to an activating group) is 1. The van der Waals surface area contributed by atoms with Crippen molar-refractivity contribution in [2.45, 2.75) is 37.9 Å². The minimum atomic E-state index is -0.923. The number of nitrogens with two attached hydrogens (primary N) is 2. The first kappa shape index (κ1) is 25.4. The van der Waals surface area contributed by atoms with Crippen molar-refractivity contribution in [3.05, 3.63) is 35.9 Å². The van der Waals surface area contributed by atoms with Gasteiger partial charge in [-0.25, -0.2) is 0 Å². The van der Waals surface area contributed by atoms with Crippen LogP contribution in [0.25, 0.3) is 0 Å². The molecule has 9 nitrogen and oxygen atoms in total. The van der Waals surface area contributed by atoms with Gasteiger partial charge in [-0.15, -0.1) is 0 Å². The number of amides is 4. The van der Waals surface area contributed by atoms with Crippen LogP contribution in [0.4, 0.5) is 0 Å². The van der Waals surface area contributed by atoms with Gasteiger partial charge in [-0.1, -0.05) is 30.3 Å². The summed E-state index contributed by atoms with van der Waals surface area (Å²) in [5.74, 6) is -1.39. The lowest BCUT2D eigenvalue weighted by Crippen LogP contribution is -2.55. The Kier molecular flexibility index (Phi) is 10.9. The third-order valence-corrected chi connectivity index (χ3v) is 5.14.